The van der Waals surface area contributed by atoms with E-state index in [9.17, 15) is 4.79 Å². The first-order valence-electron chi connectivity index (χ1n) is 5.92. The van der Waals surface area contributed by atoms with Crippen molar-refractivity contribution in [1.29, 1.82) is 0 Å². The molecule has 1 fully saturated rings. The molecule has 1 amide bonds. The Morgan fingerprint density at radius 1 is 1.50 bits per heavy atom. The Balaban J connectivity index is 2.18. The Hall–Kier alpha value is -0.260. The molecule has 1 aliphatic rings. The third-order valence-electron chi connectivity index (χ3n) is 2.75. The number of rotatable bonds is 6. The van der Waals surface area contributed by atoms with Crippen molar-refractivity contribution in [3.63, 3.8) is 0 Å². The first-order valence-corrected chi connectivity index (χ1v) is 7.08. The number of likely N-dealkylation sites (N-methyl/N-ethyl adjacent to an activating group) is 1. The molecule has 0 radical (unpaired) electrons. The summed E-state index contributed by atoms with van der Waals surface area (Å²) in [5, 5.41) is 11.9. The van der Waals surface area contributed by atoms with Gasteiger partial charge in [0.2, 0.25) is 5.91 Å². The number of carbonyl (C=O) groups is 1. The van der Waals surface area contributed by atoms with Crippen molar-refractivity contribution in [3.8, 4) is 0 Å². The van der Waals surface area contributed by atoms with E-state index >= 15 is 0 Å². The average molecular weight is 246 g/mol. The van der Waals surface area contributed by atoms with Crippen LogP contribution in [0.2, 0.25) is 0 Å². The van der Waals surface area contributed by atoms with Gasteiger partial charge in [0.25, 0.3) is 0 Å². The first kappa shape index (κ1) is 13.8. The van der Waals surface area contributed by atoms with Crippen LogP contribution in [0, 0.1) is 0 Å². The largest absolute Gasteiger partial charge is 0.396 e. The van der Waals surface area contributed by atoms with Gasteiger partial charge in [-0.1, -0.05) is 0 Å². The number of aliphatic hydroxyl groups excluding tert-OH is 1. The fourth-order valence-electron chi connectivity index (χ4n) is 1.74. The van der Waals surface area contributed by atoms with Crippen molar-refractivity contribution in [2.45, 2.75) is 25.3 Å². The van der Waals surface area contributed by atoms with Gasteiger partial charge in [-0.05, 0) is 19.3 Å². The first-order chi connectivity index (χ1) is 7.75. The highest BCUT2D eigenvalue weighted by Crippen LogP contribution is 2.10. The molecule has 1 aliphatic heterocycles. The second kappa shape index (κ2) is 7.92. The van der Waals surface area contributed by atoms with E-state index in [0.717, 1.165) is 43.9 Å². The standard InChI is InChI=1S/C11H22N2O2S/c1-13(6-3-2-4-7-14)11(15)10-9-16-8-5-12-10/h10,12,14H,2-9H2,1H3. The number of amides is 1. The molecule has 1 saturated heterocycles. The minimum Gasteiger partial charge on any atom is -0.396 e. The summed E-state index contributed by atoms with van der Waals surface area (Å²) in [6, 6.07) is 0.00147. The minimum atomic E-state index is 0.00147. The predicted octanol–water partition coefficient (Wildman–Crippen LogP) is 0.312. The molecular weight excluding hydrogens is 224 g/mol. The monoisotopic (exact) mass is 246 g/mol. The van der Waals surface area contributed by atoms with Crippen molar-refractivity contribution in [3.05, 3.63) is 0 Å². The van der Waals surface area contributed by atoms with Crippen LogP contribution < -0.4 is 5.32 Å². The summed E-state index contributed by atoms with van der Waals surface area (Å²) in [7, 11) is 1.86. The third kappa shape index (κ3) is 4.72. The third-order valence-corrected chi connectivity index (χ3v) is 3.81. The van der Waals surface area contributed by atoms with E-state index in [2.05, 4.69) is 5.32 Å². The fourth-order valence-corrected chi connectivity index (χ4v) is 2.66. The number of nitrogens with zero attached hydrogens (tertiary/aromatic N) is 1. The highest BCUT2D eigenvalue weighted by molar-refractivity contribution is 7.99. The Bertz CT molecular complexity index is 208. The van der Waals surface area contributed by atoms with E-state index in [1.165, 1.54) is 0 Å². The number of hydrogen-bond acceptors (Lipinski definition) is 4. The zero-order valence-corrected chi connectivity index (χ0v) is 10.8. The molecule has 4 nitrogen and oxygen atoms in total. The van der Waals surface area contributed by atoms with Crippen LogP contribution in [0.15, 0.2) is 0 Å². The Kier molecular flexibility index (Phi) is 6.84. The highest BCUT2D eigenvalue weighted by atomic mass is 32.2. The van der Waals surface area contributed by atoms with Crippen LogP contribution in [0.1, 0.15) is 19.3 Å². The van der Waals surface area contributed by atoms with Crippen LogP contribution >= 0.6 is 11.8 Å². The molecule has 0 saturated carbocycles. The number of nitrogens with one attached hydrogen (secondary N) is 1. The zero-order chi connectivity index (χ0) is 11.8. The van der Waals surface area contributed by atoms with Crippen molar-refractivity contribution >= 4 is 17.7 Å². The summed E-state index contributed by atoms with van der Waals surface area (Å²) in [6.07, 6.45) is 2.79. The maximum absolute atomic E-state index is 12.0. The lowest BCUT2D eigenvalue weighted by atomic mass is 10.2. The van der Waals surface area contributed by atoms with Gasteiger partial charge < -0.3 is 15.3 Å². The summed E-state index contributed by atoms with van der Waals surface area (Å²) in [5.41, 5.74) is 0. The maximum atomic E-state index is 12.0. The van der Waals surface area contributed by atoms with Gasteiger partial charge in [0.15, 0.2) is 0 Å². The molecule has 1 rings (SSSR count). The minimum absolute atomic E-state index is 0.00147. The summed E-state index contributed by atoms with van der Waals surface area (Å²) in [4.78, 5) is 13.8. The lowest BCUT2D eigenvalue weighted by molar-refractivity contribution is -0.131. The van der Waals surface area contributed by atoms with Crippen LogP contribution in [0.5, 0.6) is 0 Å². The van der Waals surface area contributed by atoms with Gasteiger partial charge in [-0.15, -0.1) is 0 Å². The van der Waals surface area contributed by atoms with Crippen LogP contribution in [0.3, 0.4) is 0 Å². The second-order valence-electron chi connectivity index (χ2n) is 4.13. The van der Waals surface area contributed by atoms with Gasteiger partial charge in [0, 0.05) is 38.2 Å². The molecule has 16 heavy (non-hydrogen) atoms. The molecule has 1 heterocycles. The SMILES string of the molecule is CN(CCCCCO)C(=O)C1CSCCN1. The zero-order valence-electron chi connectivity index (χ0n) is 9.95. The summed E-state index contributed by atoms with van der Waals surface area (Å²) in [5.74, 6) is 2.19. The molecule has 5 heteroatoms. The van der Waals surface area contributed by atoms with E-state index < -0.39 is 0 Å². The molecule has 0 aromatic rings. The van der Waals surface area contributed by atoms with Crippen molar-refractivity contribution in [2.75, 3.05) is 38.2 Å². The quantitative estimate of drug-likeness (QED) is 0.663. The molecule has 0 spiro atoms. The lowest BCUT2D eigenvalue weighted by Crippen LogP contribution is -2.49. The highest BCUT2D eigenvalue weighted by Gasteiger charge is 2.23. The van der Waals surface area contributed by atoms with E-state index in [0.29, 0.717) is 0 Å². The molecule has 0 aromatic heterocycles. The Morgan fingerprint density at radius 2 is 2.31 bits per heavy atom. The van der Waals surface area contributed by atoms with Crippen LogP contribution in [-0.4, -0.2) is 60.2 Å². The molecule has 2 N–H and O–H groups in total. The van der Waals surface area contributed by atoms with Gasteiger partial charge in [-0.2, -0.15) is 11.8 Å². The summed E-state index contributed by atoms with van der Waals surface area (Å²) < 4.78 is 0. The van der Waals surface area contributed by atoms with Crippen molar-refractivity contribution in [1.82, 2.24) is 10.2 Å². The van der Waals surface area contributed by atoms with Crippen LogP contribution in [-0.2, 0) is 4.79 Å². The summed E-state index contributed by atoms with van der Waals surface area (Å²) in [6.45, 7) is 1.97. The molecule has 1 atom stereocenters. The lowest BCUT2D eigenvalue weighted by Gasteiger charge is -2.27. The van der Waals surface area contributed by atoms with Gasteiger partial charge >= 0.3 is 0 Å². The van der Waals surface area contributed by atoms with Gasteiger partial charge in [0.1, 0.15) is 0 Å². The molecule has 94 valence electrons. The number of hydrogen-bond donors (Lipinski definition) is 2. The van der Waals surface area contributed by atoms with Gasteiger partial charge in [-0.3, -0.25) is 4.79 Å². The topological polar surface area (TPSA) is 52.6 Å². The van der Waals surface area contributed by atoms with Crippen LogP contribution in [0.25, 0.3) is 0 Å². The Morgan fingerprint density at radius 3 is 2.94 bits per heavy atom. The van der Waals surface area contributed by atoms with Crippen molar-refractivity contribution < 1.29 is 9.90 Å². The molecule has 0 bridgehead atoms. The number of carbonyl (C=O) groups excluding carboxylic acids is 1. The van der Waals surface area contributed by atoms with Crippen molar-refractivity contribution in [2.24, 2.45) is 0 Å². The van der Waals surface area contributed by atoms with E-state index in [1.807, 2.05) is 18.8 Å². The fraction of sp³-hybridized carbons (Fsp3) is 0.909. The Labute approximate surface area is 102 Å². The summed E-state index contributed by atoms with van der Waals surface area (Å²) >= 11 is 1.84. The average Bonchev–Trinajstić information content (AvgIpc) is 2.34. The second-order valence-corrected chi connectivity index (χ2v) is 5.28. The molecule has 0 aromatic carbocycles. The molecule has 1 unspecified atom stereocenters. The normalized spacial score (nSPS) is 20.8. The van der Waals surface area contributed by atoms with Gasteiger partial charge in [0.05, 0.1) is 6.04 Å². The molecular formula is C11H22N2O2S. The van der Waals surface area contributed by atoms with E-state index in [1.54, 1.807) is 4.90 Å². The smallest absolute Gasteiger partial charge is 0.240 e. The number of aliphatic hydroxyl groups is 1. The van der Waals surface area contributed by atoms with E-state index in [4.69, 9.17) is 5.11 Å². The number of thioether (sulfide) groups is 1. The van der Waals surface area contributed by atoms with E-state index in [-0.39, 0.29) is 18.6 Å². The molecule has 0 aliphatic carbocycles. The van der Waals surface area contributed by atoms with Gasteiger partial charge in [-0.25, -0.2) is 0 Å². The predicted molar refractivity (Wildman–Crippen MR) is 67.7 cm³/mol. The maximum Gasteiger partial charge on any atom is 0.240 e. The van der Waals surface area contributed by atoms with Crippen LogP contribution in [0.4, 0.5) is 0 Å². The number of unbranched alkanes of at least 4 members (excludes halogenated alkanes) is 2.